The van der Waals surface area contributed by atoms with Crippen molar-refractivity contribution >= 4 is 5.69 Å². The summed E-state index contributed by atoms with van der Waals surface area (Å²) in [5.41, 5.74) is 2.72. The number of hydrogen-bond donors (Lipinski definition) is 0. The number of hydrogen-bond acceptors (Lipinski definition) is 4. The Balaban J connectivity index is 1.70. The average molecular weight is 332 g/mol. The van der Waals surface area contributed by atoms with Gasteiger partial charge in [-0.1, -0.05) is 12.1 Å². The van der Waals surface area contributed by atoms with Gasteiger partial charge in [-0.05, 0) is 52.2 Å². The van der Waals surface area contributed by atoms with E-state index in [2.05, 4.69) is 55.7 Å². The summed E-state index contributed by atoms with van der Waals surface area (Å²) in [6.07, 6.45) is 2.54. The fourth-order valence-electron chi connectivity index (χ4n) is 3.77. The minimum Gasteiger partial charge on any atom is -0.489 e. The zero-order valence-corrected chi connectivity index (χ0v) is 15.6. The molecule has 0 saturated carbocycles. The predicted octanol–water partition coefficient (Wildman–Crippen LogP) is 3.34. The monoisotopic (exact) mass is 332 g/mol. The van der Waals surface area contributed by atoms with Crippen LogP contribution in [-0.2, 0) is 11.2 Å². The number of fused-ring (bicyclic) bond motifs is 1. The fourth-order valence-corrected chi connectivity index (χ4v) is 3.77. The molecule has 0 aliphatic carbocycles. The molecule has 1 aromatic carbocycles. The van der Waals surface area contributed by atoms with E-state index in [1.807, 2.05) is 0 Å². The molecule has 1 aromatic rings. The van der Waals surface area contributed by atoms with Gasteiger partial charge in [-0.25, -0.2) is 0 Å². The van der Waals surface area contributed by atoms with Crippen molar-refractivity contribution in [3.05, 3.63) is 23.8 Å². The molecule has 4 heteroatoms. The van der Waals surface area contributed by atoms with Gasteiger partial charge in [-0.3, -0.25) is 4.90 Å². The molecular formula is C20H32N2O2. The summed E-state index contributed by atoms with van der Waals surface area (Å²) in [4.78, 5) is 4.95. The van der Waals surface area contributed by atoms with E-state index in [1.54, 1.807) is 0 Å². The van der Waals surface area contributed by atoms with Crippen LogP contribution in [0.5, 0.6) is 5.75 Å². The van der Waals surface area contributed by atoms with Gasteiger partial charge < -0.3 is 14.4 Å². The molecule has 1 atom stereocenters. The Morgan fingerprint density at radius 2 is 2.00 bits per heavy atom. The largest absolute Gasteiger partial charge is 0.489 e. The summed E-state index contributed by atoms with van der Waals surface area (Å²) in [6.45, 7) is 13.5. The highest BCUT2D eigenvalue weighted by atomic mass is 16.5. The molecule has 0 bridgehead atoms. The SMILES string of the molecule is CC(C)N1CCOC(COc2cccc3c2N(C(C)C)CCC3)C1. The van der Waals surface area contributed by atoms with Crippen LogP contribution >= 0.6 is 0 Å². The second kappa shape index (κ2) is 7.75. The van der Waals surface area contributed by atoms with E-state index >= 15 is 0 Å². The van der Waals surface area contributed by atoms with Crippen LogP contribution in [0, 0.1) is 0 Å². The first-order chi connectivity index (χ1) is 11.6. The number of morpholine rings is 1. The van der Waals surface area contributed by atoms with E-state index < -0.39 is 0 Å². The van der Waals surface area contributed by atoms with Gasteiger partial charge in [0.1, 0.15) is 18.5 Å². The maximum absolute atomic E-state index is 6.26. The zero-order chi connectivity index (χ0) is 17.1. The third-order valence-electron chi connectivity index (χ3n) is 5.16. The minimum absolute atomic E-state index is 0.160. The van der Waals surface area contributed by atoms with Crippen molar-refractivity contribution in [1.82, 2.24) is 4.90 Å². The lowest BCUT2D eigenvalue weighted by molar-refractivity contribution is -0.0564. The number of benzene rings is 1. The van der Waals surface area contributed by atoms with Gasteiger partial charge in [0.2, 0.25) is 0 Å². The standard InChI is InChI=1S/C20H32N2O2/c1-15(2)21-11-12-23-18(13-21)14-24-19-9-5-7-17-8-6-10-22(16(3)4)20(17)19/h5,7,9,15-16,18H,6,8,10-14H2,1-4H3. The normalized spacial score (nSPS) is 22.1. The third-order valence-corrected chi connectivity index (χ3v) is 5.16. The van der Waals surface area contributed by atoms with Crippen LogP contribution in [0.15, 0.2) is 18.2 Å². The molecule has 24 heavy (non-hydrogen) atoms. The number of ether oxygens (including phenoxy) is 2. The smallest absolute Gasteiger partial charge is 0.143 e. The van der Waals surface area contributed by atoms with E-state index in [0.717, 1.165) is 38.4 Å². The molecule has 0 N–H and O–H groups in total. The Kier molecular flexibility index (Phi) is 5.67. The quantitative estimate of drug-likeness (QED) is 0.826. The van der Waals surface area contributed by atoms with Crippen molar-refractivity contribution in [3.63, 3.8) is 0 Å². The molecule has 3 rings (SSSR count). The first-order valence-corrected chi connectivity index (χ1v) is 9.43. The van der Waals surface area contributed by atoms with Crippen LogP contribution in [0.3, 0.4) is 0 Å². The van der Waals surface area contributed by atoms with Gasteiger partial charge >= 0.3 is 0 Å². The van der Waals surface area contributed by atoms with Crippen LogP contribution < -0.4 is 9.64 Å². The van der Waals surface area contributed by atoms with Crippen LogP contribution in [-0.4, -0.2) is 55.9 Å². The number of nitrogens with zero attached hydrogens (tertiary/aromatic N) is 2. The van der Waals surface area contributed by atoms with Gasteiger partial charge in [-0.2, -0.15) is 0 Å². The first kappa shape index (κ1) is 17.6. The van der Waals surface area contributed by atoms with E-state index in [-0.39, 0.29) is 6.10 Å². The summed E-state index contributed by atoms with van der Waals surface area (Å²) in [5, 5.41) is 0. The average Bonchev–Trinajstić information content (AvgIpc) is 2.59. The number of para-hydroxylation sites is 1. The van der Waals surface area contributed by atoms with Crippen LogP contribution in [0.2, 0.25) is 0 Å². The zero-order valence-electron chi connectivity index (χ0n) is 15.6. The molecule has 1 fully saturated rings. The topological polar surface area (TPSA) is 24.9 Å². The van der Waals surface area contributed by atoms with E-state index in [0.29, 0.717) is 18.7 Å². The maximum atomic E-state index is 6.26. The highest BCUT2D eigenvalue weighted by molar-refractivity contribution is 5.65. The molecule has 0 amide bonds. The molecule has 134 valence electrons. The Bertz CT molecular complexity index is 544. The molecule has 0 radical (unpaired) electrons. The molecule has 2 heterocycles. The highest BCUT2D eigenvalue weighted by Crippen LogP contribution is 2.37. The van der Waals surface area contributed by atoms with E-state index in [9.17, 15) is 0 Å². The Morgan fingerprint density at radius 1 is 1.17 bits per heavy atom. The molecule has 4 nitrogen and oxygen atoms in total. The van der Waals surface area contributed by atoms with Gasteiger partial charge in [0, 0.05) is 31.7 Å². The summed E-state index contributed by atoms with van der Waals surface area (Å²) >= 11 is 0. The van der Waals surface area contributed by atoms with Gasteiger partial charge in [-0.15, -0.1) is 0 Å². The van der Waals surface area contributed by atoms with Crippen molar-refractivity contribution in [2.75, 3.05) is 37.7 Å². The lowest BCUT2D eigenvalue weighted by Crippen LogP contribution is -2.47. The second-order valence-electron chi connectivity index (χ2n) is 7.55. The second-order valence-corrected chi connectivity index (χ2v) is 7.55. The van der Waals surface area contributed by atoms with Crippen molar-refractivity contribution in [3.8, 4) is 5.75 Å². The Hall–Kier alpha value is -1.26. The van der Waals surface area contributed by atoms with Crippen LogP contribution in [0.1, 0.15) is 39.7 Å². The lowest BCUT2D eigenvalue weighted by Gasteiger charge is -2.37. The molecule has 0 spiro atoms. The Morgan fingerprint density at radius 3 is 2.75 bits per heavy atom. The highest BCUT2D eigenvalue weighted by Gasteiger charge is 2.26. The van der Waals surface area contributed by atoms with Crippen LogP contribution in [0.25, 0.3) is 0 Å². The lowest BCUT2D eigenvalue weighted by atomic mass is 9.99. The summed E-state index contributed by atoms with van der Waals surface area (Å²) < 4.78 is 12.2. The van der Waals surface area contributed by atoms with Gasteiger partial charge in [0.15, 0.2) is 0 Å². The molecular weight excluding hydrogens is 300 g/mol. The van der Waals surface area contributed by atoms with Crippen molar-refractivity contribution in [2.24, 2.45) is 0 Å². The van der Waals surface area contributed by atoms with Gasteiger partial charge in [0.05, 0.1) is 12.3 Å². The first-order valence-electron chi connectivity index (χ1n) is 9.43. The molecule has 1 saturated heterocycles. The van der Waals surface area contributed by atoms with Crippen molar-refractivity contribution in [1.29, 1.82) is 0 Å². The summed E-state index contributed by atoms with van der Waals surface area (Å²) in [7, 11) is 0. The van der Waals surface area contributed by atoms with Crippen LogP contribution in [0.4, 0.5) is 5.69 Å². The van der Waals surface area contributed by atoms with Gasteiger partial charge in [0.25, 0.3) is 0 Å². The number of rotatable bonds is 5. The summed E-state index contributed by atoms with van der Waals surface area (Å²) in [6, 6.07) is 7.55. The molecule has 2 aliphatic heterocycles. The van der Waals surface area contributed by atoms with E-state index in [4.69, 9.17) is 9.47 Å². The number of aryl methyl sites for hydroxylation is 1. The Labute approximate surface area is 146 Å². The van der Waals surface area contributed by atoms with Crippen molar-refractivity contribution < 1.29 is 9.47 Å². The molecule has 0 aromatic heterocycles. The fraction of sp³-hybridized carbons (Fsp3) is 0.700. The summed E-state index contributed by atoms with van der Waals surface area (Å²) in [5.74, 6) is 1.02. The molecule has 1 unspecified atom stereocenters. The predicted molar refractivity (Wildman–Crippen MR) is 99.2 cm³/mol. The van der Waals surface area contributed by atoms with E-state index in [1.165, 1.54) is 17.7 Å². The molecule has 2 aliphatic rings. The van der Waals surface area contributed by atoms with Crippen molar-refractivity contribution in [2.45, 2.75) is 58.7 Å². The number of anilines is 1. The third kappa shape index (κ3) is 3.86. The minimum atomic E-state index is 0.160. The maximum Gasteiger partial charge on any atom is 0.143 e.